The molecule has 0 aliphatic heterocycles. The van der Waals surface area contributed by atoms with Gasteiger partial charge in [-0.3, -0.25) is 0 Å². The highest BCUT2D eigenvalue weighted by Gasteiger charge is 2.24. The average molecular weight is 293 g/mol. The standard InChI is InChI=1S/C18H31NO2/c1-6-18(14-20,19-5)11-8-12-21-16-10-7-9-15(13-16)17(2,3)4/h7,9-10,13,19-20H,6,8,11-12,14H2,1-5H3. The van der Waals surface area contributed by atoms with Crippen LogP contribution in [0, 0.1) is 0 Å². The highest BCUT2D eigenvalue weighted by atomic mass is 16.5. The van der Waals surface area contributed by atoms with E-state index in [1.165, 1.54) is 5.56 Å². The lowest BCUT2D eigenvalue weighted by Crippen LogP contribution is -2.46. The zero-order chi connectivity index (χ0) is 15.9. The van der Waals surface area contributed by atoms with Crippen LogP contribution in [-0.2, 0) is 5.41 Å². The van der Waals surface area contributed by atoms with E-state index in [1.807, 2.05) is 19.2 Å². The summed E-state index contributed by atoms with van der Waals surface area (Å²) in [7, 11) is 1.91. The van der Waals surface area contributed by atoms with Gasteiger partial charge in [0.1, 0.15) is 5.75 Å². The molecule has 0 aliphatic carbocycles. The van der Waals surface area contributed by atoms with E-state index < -0.39 is 0 Å². The monoisotopic (exact) mass is 293 g/mol. The van der Waals surface area contributed by atoms with Gasteiger partial charge in [0.2, 0.25) is 0 Å². The molecule has 1 aromatic rings. The summed E-state index contributed by atoms with van der Waals surface area (Å²) in [6.45, 7) is 9.55. The largest absolute Gasteiger partial charge is 0.494 e. The van der Waals surface area contributed by atoms with E-state index >= 15 is 0 Å². The minimum absolute atomic E-state index is 0.139. The summed E-state index contributed by atoms with van der Waals surface area (Å²) in [5.74, 6) is 0.929. The van der Waals surface area contributed by atoms with Crippen LogP contribution in [0.4, 0.5) is 0 Å². The Morgan fingerprint density at radius 2 is 1.95 bits per heavy atom. The Morgan fingerprint density at radius 1 is 1.24 bits per heavy atom. The Bertz CT molecular complexity index is 411. The number of aliphatic hydroxyl groups excluding tert-OH is 1. The molecule has 1 unspecified atom stereocenters. The lowest BCUT2D eigenvalue weighted by molar-refractivity contribution is 0.145. The van der Waals surface area contributed by atoms with Crippen molar-refractivity contribution in [1.29, 1.82) is 0 Å². The zero-order valence-corrected chi connectivity index (χ0v) is 14.2. The van der Waals surface area contributed by atoms with Gasteiger partial charge >= 0.3 is 0 Å². The highest BCUT2D eigenvalue weighted by Crippen LogP contribution is 2.26. The number of likely N-dealkylation sites (N-methyl/N-ethyl adjacent to an activating group) is 1. The van der Waals surface area contributed by atoms with Crippen molar-refractivity contribution in [1.82, 2.24) is 5.32 Å². The third-order valence-corrected chi connectivity index (χ3v) is 4.28. The lowest BCUT2D eigenvalue weighted by Gasteiger charge is -2.30. The van der Waals surface area contributed by atoms with Crippen molar-refractivity contribution >= 4 is 0 Å². The van der Waals surface area contributed by atoms with Crippen LogP contribution in [0.1, 0.15) is 52.5 Å². The van der Waals surface area contributed by atoms with Crippen molar-refractivity contribution in [3.05, 3.63) is 29.8 Å². The Hall–Kier alpha value is -1.06. The summed E-state index contributed by atoms with van der Waals surface area (Å²) in [5.41, 5.74) is 1.25. The van der Waals surface area contributed by atoms with Crippen LogP contribution in [0.25, 0.3) is 0 Å². The van der Waals surface area contributed by atoms with Crippen LogP contribution in [0.5, 0.6) is 5.75 Å². The van der Waals surface area contributed by atoms with Crippen LogP contribution in [0.15, 0.2) is 24.3 Å². The topological polar surface area (TPSA) is 41.5 Å². The Kier molecular flexibility index (Phi) is 6.69. The molecule has 0 saturated heterocycles. The van der Waals surface area contributed by atoms with Crippen molar-refractivity contribution in [3.63, 3.8) is 0 Å². The van der Waals surface area contributed by atoms with Crippen molar-refractivity contribution in [3.8, 4) is 5.75 Å². The summed E-state index contributed by atoms with van der Waals surface area (Å²) >= 11 is 0. The predicted octanol–water partition coefficient (Wildman–Crippen LogP) is 3.50. The van der Waals surface area contributed by atoms with Crippen molar-refractivity contribution in [2.45, 2.75) is 57.9 Å². The second-order valence-corrected chi connectivity index (χ2v) is 6.77. The van der Waals surface area contributed by atoms with Gasteiger partial charge in [0.15, 0.2) is 0 Å². The molecule has 0 radical (unpaired) electrons. The summed E-state index contributed by atoms with van der Waals surface area (Å²) in [6, 6.07) is 8.32. The Labute approximate surface area is 129 Å². The summed E-state index contributed by atoms with van der Waals surface area (Å²) in [6.07, 6.45) is 2.75. The lowest BCUT2D eigenvalue weighted by atomic mass is 9.87. The first kappa shape index (κ1) is 18.0. The molecule has 0 heterocycles. The Balaban J connectivity index is 2.50. The number of benzene rings is 1. The van der Waals surface area contributed by atoms with Gasteiger partial charge in [-0.05, 0) is 49.4 Å². The van der Waals surface area contributed by atoms with Gasteiger partial charge in [0, 0.05) is 5.54 Å². The molecule has 0 aromatic heterocycles. The summed E-state index contributed by atoms with van der Waals surface area (Å²) < 4.78 is 5.86. The van der Waals surface area contributed by atoms with E-state index in [0.717, 1.165) is 25.0 Å². The van der Waals surface area contributed by atoms with Crippen LogP contribution in [0.3, 0.4) is 0 Å². The van der Waals surface area contributed by atoms with Gasteiger partial charge in [-0.1, -0.05) is 39.8 Å². The average Bonchev–Trinajstić information content (AvgIpc) is 2.48. The number of hydrogen-bond donors (Lipinski definition) is 2. The third-order valence-electron chi connectivity index (χ3n) is 4.28. The fourth-order valence-electron chi connectivity index (χ4n) is 2.40. The molecule has 21 heavy (non-hydrogen) atoms. The van der Waals surface area contributed by atoms with Gasteiger partial charge in [-0.25, -0.2) is 0 Å². The molecule has 1 aromatic carbocycles. The van der Waals surface area contributed by atoms with Gasteiger partial charge in [-0.15, -0.1) is 0 Å². The molecule has 3 nitrogen and oxygen atoms in total. The first-order valence-electron chi connectivity index (χ1n) is 7.90. The van der Waals surface area contributed by atoms with Gasteiger partial charge in [0.05, 0.1) is 13.2 Å². The van der Waals surface area contributed by atoms with Crippen LogP contribution < -0.4 is 10.1 Å². The number of ether oxygens (including phenoxy) is 1. The molecule has 1 atom stereocenters. The van der Waals surface area contributed by atoms with Crippen molar-refractivity contribution in [2.75, 3.05) is 20.3 Å². The molecular weight excluding hydrogens is 262 g/mol. The van der Waals surface area contributed by atoms with Crippen LogP contribution in [0.2, 0.25) is 0 Å². The van der Waals surface area contributed by atoms with E-state index in [4.69, 9.17) is 4.74 Å². The summed E-state index contributed by atoms with van der Waals surface area (Å²) in [5, 5.41) is 12.8. The first-order chi connectivity index (χ1) is 9.87. The second kappa shape index (κ2) is 7.81. The molecule has 0 spiro atoms. The molecule has 1 rings (SSSR count). The first-order valence-corrected chi connectivity index (χ1v) is 7.90. The third kappa shape index (κ3) is 5.33. The maximum absolute atomic E-state index is 9.52. The number of aliphatic hydroxyl groups is 1. The van der Waals surface area contributed by atoms with Crippen molar-refractivity contribution in [2.24, 2.45) is 0 Å². The molecule has 2 N–H and O–H groups in total. The SMILES string of the molecule is CCC(CO)(CCCOc1cccc(C(C)(C)C)c1)NC. The molecule has 0 aliphatic rings. The van der Waals surface area contributed by atoms with Gasteiger partial charge < -0.3 is 15.2 Å². The second-order valence-electron chi connectivity index (χ2n) is 6.77. The quantitative estimate of drug-likeness (QED) is 0.721. The molecule has 0 bridgehead atoms. The Morgan fingerprint density at radius 3 is 2.48 bits per heavy atom. The normalized spacial score (nSPS) is 14.8. The van der Waals surface area contributed by atoms with Crippen molar-refractivity contribution < 1.29 is 9.84 Å². The number of nitrogens with one attached hydrogen (secondary N) is 1. The van der Waals surface area contributed by atoms with E-state index in [9.17, 15) is 5.11 Å². The fourth-order valence-corrected chi connectivity index (χ4v) is 2.40. The van der Waals surface area contributed by atoms with Crippen LogP contribution in [-0.4, -0.2) is 30.9 Å². The van der Waals surface area contributed by atoms with E-state index in [0.29, 0.717) is 6.61 Å². The maximum Gasteiger partial charge on any atom is 0.119 e. The van der Waals surface area contributed by atoms with Gasteiger partial charge in [-0.2, -0.15) is 0 Å². The zero-order valence-electron chi connectivity index (χ0n) is 14.2. The maximum atomic E-state index is 9.52. The van der Waals surface area contributed by atoms with E-state index in [1.54, 1.807) is 0 Å². The summed E-state index contributed by atoms with van der Waals surface area (Å²) in [4.78, 5) is 0. The smallest absolute Gasteiger partial charge is 0.119 e. The fraction of sp³-hybridized carbons (Fsp3) is 0.667. The molecule has 0 amide bonds. The molecule has 3 heteroatoms. The molecule has 0 saturated carbocycles. The predicted molar refractivity (Wildman–Crippen MR) is 89.0 cm³/mol. The minimum atomic E-state index is -0.170. The molecule has 0 fully saturated rings. The molecular formula is C18H31NO2. The van der Waals surface area contributed by atoms with Gasteiger partial charge in [0.25, 0.3) is 0 Å². The highest BCUT2D eigenvalue weighted by molar-refractivity contribution is 5.32. The van der Waals surface area contributed by atoms with E-state index in [2.05, 4.69) is 45.1 Å². The van der Waals surface area contributed by atoms with E-state index in [-0.39, 0.29) is 17.6 Å². The minimum Gasteiger partial charge on any atom is -0.494 e. The number of rotatable bonds is 8. The van der Waals surface area contributed by atoms with Crippen LogP contribution >= 0.6 is 0 Å². The molecule has 120 valence electrons. The number of hydrogen-bond acceptors (Lipinski definition) is 3.